The van der Waals surface area contributed by atoms with E-state index in [0.29, 0.717) is 22.3 Å². The minimum absolute atomic E-state index is 0.00519. The molecule has 0 radical (unpaired) electrons. The van der Waals surface area contributed by atoms with Crippen LogP contribution < -0.4 is 0 Å². The highest BCUT2D eigenvalue weighted by atomic mass is 32.2. The van der Waals surface area contributed by atoms with Gasteiger partial charge in [0.2, 0.25) is 0 Å². The molecule has 1 aromatic heterocycles. The second-order valence-electron chi connectivity index (χ2n) is 5.82. The average Bonchev–Trinajstić information content (AvgIpc) is 3.25. The van der Waals surface area contributed by atoms with Crippen LogP contribution in [0.3, 0.4) is 0 Å². The molecule has 1 N–H and O–H groups in total. The number of nitro groups is 1. The van der Waals surface area contributed by atoms with Crippen LogP contribution in [0.1, 0.15) is 12.7 Å². The molecule has 2 aliphatic rings. The Labute approximate surface area is 157 Å². The first-order chi connectivity index (χ1) is 12.9. The van der Waals surface area contributed by atoms with E-state index in [1.54, 1.807) is 35.4 Å². The van der Waals surface area contributed by atoms with Crippen molar-refractivity contribution in [2.75, 3.05) is 0 Å². The molecular formula is C18H12N4O4S. The van der Waals surface area contributed by atoms with E-state index in [-0.39, 0.29) is 17.1 Å². The van der Waals surface area contributed by atoms with E-state index in [0.717, 1.165) is 4.91 Å². The van der Waals surface area contributed by atoms with Crippen molar-refractivity contribution in [1.29, 1.82) is 5.41 Å². The van der Waals surface area contributed by atoms with Crippen LogP contribution in [-0.4, -0.2) is 26.7 Å². The Morgan fingerprint density at radius 3 is 2.70 bits per heavy atom. The van der Waals surface area contributed by atoms with Crippen LogP contribution in [0.25, 0.3) is 17.4 Å². The number of allylic oxidation sites excluding steroid dienone is 1. The molecule has 134 valence electrons. The minimum atomic E-state index is -0.491. The summed E-state index contributed by atoms with van der Waals surface area (Å²) in [5.74, 6) is 0.448. The highest BCUT2D eigenvalue weighted by molar-refractivity contribution is 8.17. The van der Waals surface area contributed by atoms with Gasteiger partial charge >= 0.3 is 0 Å². The van der Waals surface area contributed by atoms with Gasteiger partial charge in [-0.15, -0.1) is 0 Å². The van der Waals surface area contributed by atoms with Crippen molar-refractivity contribution in [3.63, 3.8) is 0 Å². The van der Waals surface area contributed by atoms with Gasteiger partial charge in [-0.1, -0.05) is 11.8 Å². The second-order valence-corrected chi connectivity index (χ2v) is 7.04. The Morgan fingerprint density at radius 2 is 2.00 bits per heavy atom. The number of amides is 1. The molecule has 0 bridgehead atoms. The first-order valence-corrected chi connectivity index (χ1v) is 8.68. The number of thioether (sulfide) groups is 1. The van der Waals surface area contributed by atoms with E-state index in [1.807, 2.05) is 6.92 Å². The standard InChI is InChI=1S/C18H12N4O4S/c1-10-9-21-16(19)14(17(23)20-18(21)27-10)8-13-6-7-15(26-13)11-2-4-12(5-3-11)22(24)25/h2-9,19H,1H3/b14-8+,19-16?. The fraction of sp³-hybridized carbons (Fsp3) is 0.0556. The quantitative estimate of drug-likeness (QED) is 0.489. The lowest BCUT2D eigenvalue weighted by Crippen LogP contribution is -2.35. The zero-order valence-corrected chi connectivity index (χ0v) is 14.8. The summed E-state index contributed by atoms with van der Waals surface area (Å²) in [5.41, 5.74) is 0.800. The molecule has 1 amide bonds. The number of nitrogens with one attached hydrogen (secondary N) is 1. The summed E-state index contributed by atoms with van der Waals surface area (Å²) in [5, 5.41) is 19.5. The summed E-state index contributed by atoms with van der Waals surface area (Å²) >= 11 is 1.35. The van der Waals surface area contributed by atoms with E-state index in [1.165, 1.54) is 30.0 Å². The van der Waals surface area contributed by atoms with Gasteiger partial charge in [-0.3, -0.25) is 25.2 Å². The molecule has 0 atom stereocenters. The predicted octanol–water partition coefficient (Wildman–Crippen LogP) is 4.02. The van der Waals surface area contributed by atoms with E-state index < -0.39 is 10.8 Å². The van der Waals surface area contributed by atoms with Crippen molar-refractivity contribution in [1.82, 2.24) is 4.90 Å². The summed E-state index contributed by atoms with van der Waals surface area (Å²) in [6, 6.07) is 9.34. The molecule has 2 aromatic rings. The molecule has 8 nitrogen and oxygen atoms in total. The molecule has 0 saturated carbocycles. The first-order valence-electron chi connectivity index (χ1n) is 7.86. The lowest BCUT2D eigenvalue weighted by Gasteiger charge is -2.21. The number of aliphatic imine (C=N–C) groups is 1. The molecule has 2 aliphatic heterocycles. The normalized spacial score (nSPS) is 17.8. The maximum absolute atomic E-state index is 12.3. The fourth-order valence-corrected chi connectivity index (χ4v) is 3.49. The van der Waals surface area contributed by atoms with Crippen LogP contribution >= 0.6 is 11.8 Å². The van der Waals surface area contributed by atoms with Crippen molar-refractivity contribution in [2.45, 2.75) is 6.92 Å². The summed E-state index contributed by atoms with van der Waals surface area (Å²) in [4.78, 5) is 29.1. The van der Waals surface area contributed by atoms with Crippen molar-refractivity contribution < 1.29 is 14.1 Å². The average molecular weight is 380 g/mol. The Bertz CT molecular complexity index is 1080. The summed E-state index contributed by atoms with van der Waals surface area (Å²) in [6.45, 7) is 1.88. The van der Waals surface area contributed by atoms with Gasteiger partial charge in [0.15, 0.2) is 5.17 Å². The number of furan rings is 1. The summed E-state index contributed by atoms with van der Waals surface area (Å²) in [6.07, 6.45) is 3.24. The van der Waals surface area contributed by atoms with Gasteiger partial charge in [0.25, 0.3) is 11.6 Å². The first kappa shape index (κ1) is 17.0. The molecule has 0 spiro atoms. The topological polar surface area (TPSA) is 113 Å². The van der Waals surface area contributed by atoms with Crippen LogP contribution in [0.2, 0.25) is 0 Å². The third-order valence-corrected chi connectivity index (χ3v) is 4.87. The number of carbonyl (C=O) groups excluding carboxylic acids is 1. The Kier molecular flexibility index (Phi) is 4.00. The van der Waals surface area contributed by atoms with Gasteiger partial charge in [-0.05, 0) is 37.3 Å². The van der Waals surface area contributed by atoms with Crippen LogP contribution in [0, 0.1) is 15.5 Å². The van der Waals surface area contributed by atoms with Crippen LogP contribution in [0.4, 0.5) is 5.69 Å². The lowest BCUT2D eigenvalue weighted by atomic mass is 10.1. The van der Waals surface area contributed by atoms with Crippen molar-refractivity contribution in [3.05, 3.63) is 69.0 Å². The molecule has 4 rings (SSSR count). The summed E-state index contributed by atoms with van der Waals surface area (Å²) < 4.78 is 5.72. The molecule has 9 heteroatoms. The fourth-order valence-electron chi connectivity index (χ4n) is 2.68. The SMILES string of the molecule is CC1=CN2C(=N)/C(=C\c3ccc(-c4ccc([N+](=O)[O-])cc4)o3)C(=O)N=C2S1. The highest BCUT2D eigenvalue weighted by Crippen LogP contribution is 2.33. The van der Waals surface area contributed by atoms with Gasteiger partial charge in [0.1, 0.15) is 17.4 Å². The third kappa shape index (κ3) is 3.08. The summed E-state index contributed by atoms with van der Waals surface area (Å²) in [7, 11) is 0. The molecule has 1 aromatic carbocycles. The number of nitro benzene ring substituents is 1. The van der Waals surface area contributed by atoms with Gasteiger partial charge in [-0.2, -0.15) is 4.99 Å². The Balaban J connectivity index is 1.63. The maximum Gasteiger partial charge on any atom is 0.283 e. The zero-order valence-electron chi connectivity index (χ0n) is 14.0. The number of benzene rings is 1. The van der Waals surface area contributed by atoms with E-state index in [2.05, 4.69) is 4.99 Å². The van der Waals surface area contributed by atoms with Gasteiger partial charge in [-0.25, -0.2) is 0 Å². The molecule has 0 fully saturated rings. The zero-order chi connectivity index (χ0) is 19.1. The largest absolute Gasteiger partial charge is 0.457 e. The van der Waals surface area contributed by atoms with Gasteiger partial charge in [0.05, 0.1) is 10.5 Å². The number of non-ortho nitro benzene ring substituents is 1. The number of amidine groups is 2. The second kappa shape index (κ2) is 6.36. The molecule has 0 aliphatic carbocycles. The number of rotatable bonds is 3. The molecular weight excluding hydrogens is 368 g/mol. The Morgan fingerprint density at radius 1 is 1.26 bits per heavy atom. The Hall–Kier alpha value is -3.46. The van der Waals surface area contributed by atoms with Crippen molar-refractivity contribution in [2.24, 2.45) is 4.99 Å². The maximum atomic E-state index is 12.3. The monoisotopic (exact) mass is 380 g/mol. The third-order valence-electron chi connectivity index (χ3n) is 3.97. The van der Waals surface area contributed by atoms with E-state index in [9.17, 15) is 14.9 Å². The molecule has 3 heterocycles. The molecule has 0 saturated heterocycles. The van der Waals surface area contributed by atoms with Gasteiger partial charge in [0, 0.05) is 28.8 Å². The molecule has 0 unspecified atom stereocenters. The smallest absolute Gasteiger partial charge is 0.283 e. The van der Waals surface area contributed by atoms with Crippen LogP contribution in [0.15, 0.2) is 62.5 Å². The number of hydrogen-bond acceptors (Lipinski definition) is 6. The molecule has 27 heavy (non-hydrogen) atoms. The number of hydrogen-bond donors (Lipinski definition) is 1. The number of fused-ring (bicyclic) bond motifs is 1. The minimum Gasteiger partial charge on any atom is -0.457 e. The predicted molar refractivity (Wildman–Crippen MR) is 102 cm³/mol. The van der Waals surface area contributed by atoms with E-state index >= 15 is 0 Å². The van der Waals surface area contributed by atoms with Crippen molar-refractivity contribution >= 4 is 40.4 Å². The van der Waals surface area contributed by atoms with Crippen LogP contribution in [-0.2, 0) is 4.79 Å². The van der Waals surface area contributed by atoms with Crippen molar-refractivity contribution in [3.8, 4) is 11.3 Å². The lowest BCUT2D eigenvalue weighted by molar-refractivity contribution is -0.384. The number of nitrogens with zero attached hydrogens (tertiary/aromatic N) is 3. The highest BCUT2D eigenvalue weighted by Gasteiger charge is 2.33. The van der Waals surface area contributed by atoms with Crippen LogP contribution in [0.5, 0.6) is 0 Å². The van der Waals surface area contributed by atoms with E-state index in [4.69, 9.17) is 9.83 Å². The number of carbonyl (C=O) groups is 1. The van der Waals surface area contributed by atoms with Gasteiger partial charge < -0.3 is 4.42 Å².